The summed E-state index contributed by atoms with van der Waals surface area (Å²) in [6.45, 7) is 0.393. The topological polar surface area (TPSA) is 42.2 Å². The highest BCUT2D eigenvalue weighted by atomic mass is 35.5. The van der Waals surface area contributed by atoms with Crippen LogP contribution in [-0.2, 0) is 11.3 Å². The Kier molecular flexibility index (Phi) is 4.69. The molecule has 0 aliphatic rings. The van der Waals surface area contributed by atoms with Crippen LogP contribution in [0, 0.1) is 0 Å². The molecule has 0 radical (unpaired) electrons. The van der Waals surface area contributed by atoms with Crippen molar-refractivity contribution < 1.29 is 9.90 Å². The molecule has 0 spiro atoms. The Hall–Kier alpha value is -3.04. The molecule has 0 saturated heterocycles. The molecule has 0 bridgehead atoms. The molecule has 0 unspecified atom stereocenters. The second kappa shape index (κ2) is 7.29. The molecule has 3 nitrogen and oxygen atoms in total. The molecule has 4 heteroatoms. The van der Waals surface area contributed by atoms with Crippen LogP contribution in [0.4, 0.5) is 0 Å². The quantitative estimate of drug-likeness (QED) is 0.457. The lowest BCUT2D eigenvalue weighted by molar-refractivity contribution is -0.137. The first-order valence-corrected chi connectivity index (χ1v) is 9.17. The summed E-state index contributed by atoms with van der Waals surface area (Å²) in [5, 5.41) is 10.9. The summed E-state index contributed by atoms with van der Waals surface area (Å²) in [7, 11) is 0. The van der Waals surface area contributed by atoms with E-state index in [4.69, 9.17) is 11.6 Å². The lowest BCUT2D eigenvalue weighted by Crippen LogP contribution is -2.06. The standard InChI is InChI=1S/C23H18ClNO2/c24-18-11-12-20-19(15-18)22(16-7-3-1-4-8-16)23(17-9-5-2-6-10-17)25(20)14-13-21(26)27/h1-12,15H,13-14H2,(H,26,27). The highest BCUT2D eigenvalue weighted by Gasteiger charge is 2.20. The van der Waals surface area contributed by atoms with Gasteiger partial charge in [0.25, 0.3) is 0 Å². The van der Waals surface area contributed by atoms with Gasteiger partial charge >= 0.3 is 5.97 Å². The molecule has 0 amide bonds. The fraction of sp³-hybridized carbons (Fsp3) is 0.0870. The van der Waals surface area contributed by atoms with Gasteiger partial charge in [-0.15, -0.1) is 0 Å². The second-order valence-electron chi connectivity index (χ2n) is 6.41. The van der Waals surface area contributed by atoms with Gasteiger partial charge in [0.1, 0.15) is 0 Å². The van der Waals surface area contributed by atoms with E-state index in [-0.39, 0.29) is 6.42 Å². The van der Waals surface area contributed by atoms with Crippen molar-refractivity contribution in [1.82, 2.24) is 4.57 Å². The monoisotopic (exact) mass is 375 g/mol. The van der Waals surface area contributed by atoms with Gasteiger partial charge in [-0.05, 0) is 29.3 Å². The Morgan fingerprint density at radius 3 is 2.15 bits per heavy atom. The number of carboxylic acid groups (broad SMARTS) is 1. The fourth-order valence-corrected chi connectivity index (χ4v) is 3.73. The summed E-state index contributed by atoms with van der Waals surface area (Å²) in [6.07, 6.45) is 0.0560. The number of hydrogen-bond donors (Lipinski definition) is 1. The normalized spacial score (nSPS) is 11.0. The summed E-state index contributed by atoms with van der Waals surface area (Å²) in [4.78, 5) is 11.3. The number of hydrogen-bond acceptors (Lipinski definition) is 1. The Morgan fingerprint density at radius 2 is 1.52 bits per heavy atom. The van der Waals surface area contributed by atoms with E-state index in [1.54, 1.807) is 0 Å². The predicted octanol–water partition coefficient (Wildman–Crippen LogP) is 6.10. The van der Waals surface area contributed by atoms with Gasteiger partial charge in [0.2, 0.25) is 0 Å². The maximum atomic E-state index is 11.3. The van der Waals surface area contributed by atoms with E-state index in [1.165, 1.54) is 0 Å². The second-order valence-corrected chi connectivity index (χ2v) is 6.85. The number of carbonyl (C=O) groups is 1. The third-order valence-electron chi connectivity index (χ3n) is 4.68. The summed E-state index contributed by atoms with van der Waals surface area (Å²) in [5.41, 5.74) is 5.20. The number of rotatable bonds is 5. The minimum Gasteiger partial charge on any atom is -0.481 e. The maximum Gasteiger partial charge on any atom is 0.305 e. The molecular formula is C23H18ClNO2. The predicted molar refractivity (Wildman–Crippen MR) is 110 cm³/mol. The zero-order valence-corrected chi connectivity index (χ0v) is 15.4. The van der Waals surface area contributed by atoms with Crippen molar-refractivity contribution in [3.05, 3.63) is 83.9 Å². The molecule has 3 aromatic carbocycles. The summed E-state index contributed by atoms with van der Waals surface area (Å²) < 4.78 is 2.09. The van der Waals surface area contributed by atoms with E-state index in [2.05, 4.69) is 28.8 Å². The van der Waals surface area contributed by atoms with E-state index in [1.807, 2.05) is 54.6 Å². The zero-order valence-electron chi connectivity index (χ0n) is 14.6. The molecule has 4 aromatic rings. The highest BCUT2D eigenvalue weighted by molar-refractivity contribution is 6.31. The van der Waals surface area contributed by atoms with E-state index in [9.17, 15) is 9.90 Å². The smallest absolute Gasteiger partial charge is 0.305 e. The van der Waals surface area contributed by atoms with Crippen LogP contribution in [0.2, 0.25) is 5.02 Å². The molecule has 1 N–H and O–H groups in total. The minimum absolute atomic E-state index is 0.0560. The molecule has 0 fully saturated rings. The lowest BCUT2D eigenvalue weighted by Gasteiger charge is -2.12. The number of nitrogens with zero attached hydrogens (tertiary/aromatic N) is 1. The van der Waals surface area contributed by atoms with E-state index in [0.29, 0.717) is 11.6 Å². The van der Waals surface area contributed by atoms with Crippen LogP contribution in [0.15, 0.2) is 78.9 Å². The lowest BCUT2D eigenvalue weighted by atomic mass is 9.98. The van der Waals surface area contributed by atoms with Crippen molar-refractivity contribution in [2.24, 2.45) is 0 Å². The number of aromatic nitrogens is 1. The molecule has 0 atom stereocenters. The van der Waals surface area contributed by atoms with Gasteiger partial charge < -0.3 is 9.67 Å². The van der Waals surface area contributed by atoms with Crippen molar-refractivity contribution in [2.75, 3.05) is 0 Å². The molecule has 134 valence electrons. The molecule has 27 heavy (non-hydrogen) atoms. The molecule has 0 saturated carbocycles. The van der Waals surface area contributed by atoms with Gasteiger partial charge in [0.15, 0.2) is 0 Å². The van der Waals surface area contributed by atoms with Crippen LogP contribution in [0.25, 0.3) is 33.3 Å². The first-order chi connectivity index (χ1) is 13.1. The number of benzene rings is 3. The first kappa shape index (κ1) is 17.4. The van der Waals surface area contributed by atoms with Crippen LogP contribution in [0.1, 0.15) is 6.42 Å². The molecule has 0 aliphatic carbocycles. The Labute approximate surface area is 162 Å². The first-order valence-electron chi connectivity index (χ1n) is 8.79. The molecule has 4 rings (SSSR count). The number of halogens is 1. The van der Waals surface area contributed by atoms with Gasteiger partial charge in [-0.25, -0.2) is 0 Å². The summed E-state index contributed by atoms with van der Waals surface area (Å²) in [5.74, 6) is -0.814. The third kappa shape index (κ3) is 3.34. The molecule has 1 aromatic heterocycles. The maximum absolute atomic E-state index is 11.3. The van der Waals surface area contributed by atoms with Crippen LogP contribution in [0.5, 0.6) is 0 Å². The minimum atomic E-state index is -0.814. The van der Waals surface area contributed by atoms with Crippen LogP contribution in [-0.4, -0.2) is 15.6 Å². The zero-order chi connectivity index (χ0) is 18.8. The van der Waals surface area contributed by atoms with Gasteiger partial charge in [0, 0.05) is 28.0 Å². The van der Waals surface area contributed by atoms with Crippen molar-refractivity contribution >= 4 is 28.5 Å². The number of fused-ring (bicyclic) bond motifs is 1. The third-order valence-corrected chi connectivity index (χ3v) is 4.92. The average Bonchev–Trinajstić information content (AvgIpc) is 3.01. The number of carboxylic acids is 1. The van der Waals surface area contributed by atoms with Crippen molar-refractivity contribution in [3.8, 4) is 22.4 Å². The SMILES string of the molecule is O=C(O)CCn1c(-c2ccccc2)c(-c2ccccc2)c2cc(Cl)ccc21. The largest absolute Gasteiger partial charge is 0.481 e. The van der Waals surface area contributed by atoms with E-state index < -0.39 is 5.97 Å². The average molecular weight is 376 g/mol. The van der Waals surface area contributed by atoms with Crippen molar-refractivity contribution in [2.45, 2.75) is 13.0 Å². The van der Waals surface area contributed by atoms with E-state index in [0.717, 1.165) is 33.3 Å². The molecule has 1 heterocycles. The van der Waals surface area contributed by atoms with Gasteiger partial charge in [0.05, 0.1) is 12.1 Å². The Balaban J connectivity index is 2.09. The number of aliphatic carboxylic acids is 1. The van der Waals surface area contributed by atoms with Gasteiger partial charge in [-0.1, -0.05) is 72.3 Å². The summed E-state index contributed by atoms with van der Waals surface area (Å²) >= 11 is 6.31. The van der Waals surface area contributed by atoms with Gasteiger partial charge in [-0.3, -0.25) is 4.79 Å². The van der Waals surface area contributed by atoms with Crippen LogP contribution in [0.3, 0.4) is 0 Å². The van der Waals surface area contributed by atoms with Crippen LogP contribution < -0.4 is 0 Å². The fourth-order valence-electron chi connectivity index (χ4n) is 3.56. The summed E-state index contributed by atoms with van der Waals surface area (Å²) in [6, 6.07) is 26.0. The van der Waals surface area contributed by atoms with E-state index >= 15 is 0 Å². The van der Waals surface area contributed by atoms with Crippen molar-refractivity contribution in [1.29, 1.82) is 0 Å². The molecular weight excluding hydrogens is 358 g/mol. The Morgan fingerprint density at radius 1 is 0.889 bits per heavy atom. The Bertz CT molecular complexity index is 1100. The van der Waals surface area contributed by atoms with Gasteiger partial charge in [-0.2, -0.15) is 0 Å². The molecule has 0 aliphatic heterocycles. The highest BCUT2D eigenvalue weighted by Crippen LogP contribution is 2.41. The number of aryl methyl sites for hydroxylation is 1. The van der Waals surface area contributed by atoms with Crippen molar-refractivity contribution in [3.63, 3.8) is 0 Å². The van der Waals surface area contributed by atoms with Crippen LogP contribution >= 0.6 is 11.6 Å².